The van der Waals surface area contributed by atoms with E-state index in [1.165, 1.54) is 6.07 Å². The van der Waals surface area contributed by atoms with Crippen molar-refractivity contribution in [2.24, 2.45) is 0 Å². The lowest BCUT2D eigenvalue weighted by atomic mass is 10.1. The number of anilines is 1. The van der Waals surface area contributed by atoms with Gasteiger partial charge in [-0.2, -0.15) is 0 Å². The fraction of sp³-hybridized carbons (Fsp3) is 0.467. The Hall–Kier alpha value is -1.88. The Morgan fingerprint density at radius 3 is 2.65 bits per heavy atom. The molecule has 0 aromatic heterocycles. The van der Waals surface area contributed by atoms with E-state index < -0.39 is 5.97 Å². The third-order valence-electron chi connectivity index (χ3n) is 2.87. The van der Waals surface area contributed by atoms with Crippen LogP contribution in [0.4, 0.5) is 5.69 Å². The largest absolute Gasteiger partial charge is 0.478 e. The van der Waals surface area contributed by atoms with Gasteiger partial charge in [0.1, 0.15) is 6.61 Å². The predicted octanol–water partition coefficient (Wildman–Crippen LogP) is 2.84. The Bertz CT molecular complexity index is 471. The molecule has 0 aliphatic carbocycles. The molecule has 5 heteroatoms. The number of unbranched alkanes of at least 4 members (excludes halogenated alkanes) is 2. The van der Waals surface area contributed by atoms with E-state index in [0.29, 0.717) is 17.9 Å². The minimum atomic E-state index is -0.973. The molecule has 1 aromatic rings. The number of carboxylic acids is 1. The van der Waals surface area contributed by atoms with Crippen molar-refractivity contribution in [2.75, 3.05) is 18.5 Å². The minimum Gasteiger partial charge on any atom is -0.478 e. The quantitative estimate of drug-likeness (QED) is 0.717. The van der Waals surface area contributed by atoms with Gasteiger partial charge in [-0.15, -0.1) is 0 Å². The second-order valence-electron chi connectivity index (χ2n) is 4.64. The molecule has 0 aliphatic rings. The van der Waals surface area contributed by atoms with Crippen LogP contribution < -0.4 is 5.32 Å². The van der Waals surface area contributed by atoms with Crippen LogP contribution in [0, 0.1) is 6.92 Å². The molecular weight excluding hydrogens is 258 g/mol. The van der Waals surface area contributed by atoms with E-state index in [1.54, 1.807) is 19.1 Å². The zero-order valence-electron chi connectivity index (χ0n) is 11.9. The van der Waals surface area contributed by atoms with Crippen molar-refractivity contribution in [3.05, 3.63) is 29.3 Å². The third-order valence-corrected chi connectivity index (χ3v) is 2.87. The fourth-order valence-corrected chi connectivity index (χ4v) is 1.80. The van der Waals surface area contributed by atoms with Gasteiger partial charge in [-0.1, -0.05) is 19.8 Å². The number of benzene rings is 1. The summed E-state index contributed by atoms with van der Waals surface area (Å²) in [5.41, 5.74) is 1.42. The van der Waals surface area contributed by atoms with E-state index in [1.807, 2.05) is 0 Å². The molecule has 0 radical (unpaired) electrons. The predicted molar refractivity (Wildman–Crippen MR) is 77.1 cm³/mol. The molecule has 0 atom stereocenters. The van der Waals surface area contributed by atoms with Crippen LogP contribution in [-0.2, 0) is 9.53 Å². The van der Waals surface area contributed by atoms with Gasteiger partial charge in [0.2, 0.25) is 5.91 Å². The summed E-state index contributed by atoms with van der Waals surface area (Å²) >= 11 is 0. The van der Waals surface area contributed by atoms with Crippen LogP contribution in [0.15, 0.2) is 18.2 Å². The van der Waals surface area contributed by atoms with E-state index in [0.717, 1.165) is 19.3 Å². The van der Waals surface area contributed by atoms with Gasteiger partial charge in [0.25, 0.3) is 0 Å². The van der Waals surface area contributed by atoms with Crippen molar-refractivity contribution < 1.29 is 19.4 Å². The van der Waals surface area contributed by atoms with E-state index in [2.05, 4.69) is 12.2 Å². The molecule has 5 nitrogen and oxygen atoms in total. The molecule has 2 N–H and O–H groups in total. The Kier molecular flexibility index (Phi) is 6.73. The van der Waals surface area contributed by atoms with Gasteiger partial charge in [-0.05, 0) is 37.1 Å². The van der Waals surface area contributed by atoms with Crippen LogP contribution in [0.5, 0.6) is 0 Å². The van der Waals surface area contributed by atoms with Crippen molar-refractivity contribution in [3.63, 3.8) is 0 Å². The first-order valence-electron chi connectivity index (χ1n) is 6.76. The number of aryl methyl sites for hydroxylation is 1. The van der Waals surface area contributed by atoms with Crippen LogP contribution in [0.3, 0.4) is 0 Å². The average molecular weight is 279 g/mol. The summed E-state index contributed by atoms with van der Waals surface area (Å²) in [5.74, 6) is -1.20. The molecule has 0 heterocycles. The maximum absolute atomic E-state index is 11.6. The Labute approximate surface area is 118 Å². The van der Waals surface area contributed by atoms with Crippen molar-refractivity contribution in [2.45, 2.75) is 33.1 Å². The number of ether oxygens (including phenoxy) is 1. The van der Waals surface area contributed by atoms with Gasteiger partial charge in [0.15, 0.2) is 0 Å². The first-order chi connectivity index (χ1) is 9.54. The maximum atomic E-state index is 11.6. The van der Waals surface area contributed by atoms with Crippen molar-refractivity contribution >= 4 is 17.6 Å². The highest BCUT2D eigenvalue weighted by atomic mass is 16.5. The normalized spacial score (nSPS) is 10.3. The number of carboxylic acid groups (broad SMARTS) is 1. The zero-order valence-corrected chi connectivity index (χ0v) is 11.9. The molecule has 0 unspecified atom stereocenters. The van der Waals surface area contributed by atoms with Gasteiger partial charge < -0.3 is 15.2 Å². The molecule has 20 heavy (non-hydrogen) atoms. The first-order valence-corrected chi connectivity index (χ1v) is 6.76. The molecular formula is C15H21NO4. The zero-order chi connectivity index (χ0) is 15.0. The number of carbonyl (C=O) groups is 2. The van der Waals surface area contributed by atoms with Crippen molar-refractivity contribution in [1.82, 2.24) is 0 Å². The van der Waals surface area contributed by atoms with Gasteiger partial charge >= 0.3 is 5.97 Å². The number of aromatic carboxylic acids is 1. The molecule has 1 aromatic carbocycles. The molecule has 110 valence electrons. The van der Waals surface area contributed by atoms with Crippen LogP contribution in [-0.4, -0.2) is 30.2 Å². The molecule has 0 fully saturated rings. The van der Waals surface area contributed by atoms with Gasteiger partial charge in [-0.25, -0.2) is 4.79 Å². The van der Waals surface area contributed by atoms with Crippen molar-refractivity contribution in [1.29, 1.82) is 0 Å². The fourth-order valence-electron chi connectivity index (χ4n) is 1.80. The lowest BCUT2D eigenvalue weighted by Gasteiger charge is -2.08. The lowest BCUT2D eigenvalue weighted by molar-refractivity contribution is -0.120. The number of nitrogens with one attached hydrogen (secondary N) is 1. The van der Waals surface area contributed by atoms with Crippen molar-refractivity contribution in [3.8, 4) is 0 Å². The van der Waals surface area contributed by atoms with Gasteiger partial charge in [-0.3, -0.25) is 4.79 Å². The summed E-state index contributed by atoms with van der Waals surface area (Å²) in [6.07, 6.45) is 3.17. The molecule has 0 spiro atoms. The molecule has 1 amide bonds. The first kappa shape index (κ1) is 16.2. The average Bonchev–Trinajstić information content (AvgIpc) is 2.38. The second-order valence-corrected chi connectivity index (χ2v) is 4.64. The molecule has 0 bridgehead atoms. The lowest BCUT2D eigenvalue weighted by Crippen LogP contribution is -2.18. The third kappa shape index (κ3) is 5.40. The molecule has 1 rings (SSSR count). The monoisotopic (exact) mass is 279 g/mol. The number of amides is 1. The van der Waals surface area contributed by atoms with E-state index in [4.69, 9.17) is 9.84 Å². The highest BCUT2D eigenvalue weighted by Crippen LogP contribution is 2.15. The summed E-state index contributed by atoms with van der Waals surface area (Å²) in [5, 5.41) is 11.6. The number of carbonyl (C=O) groups excluding carboxylic acids is 1. The Morgan fingerprint density at radius 2 is 2.05 bits per heavy atom. The second kappa shape index (κ2) is 8.32. The standard InChI is InChI=1S/C15H21NO4/c1-3-4-5-8-20-10-14(17)16-12-6-7-13(15(18)19)11(2)9-12/h6-7,9H,3-5,8,10H2,1-2H3,(H,16,17)(H,18,19). The summed E-state index contributed by atoms with van der Waals surface area (Å²) < 4.78 is 5.26. The number of hydrogen-bond donors (Lipinski definition) is 2. The molecule has 0 saturated carbocycles. The number of rotatable bonds is 8. The summed E-state index contributed by atoms with van der Waals surface area (Å²) in [4.78, 5) is 22.5. The topological polar surface area (TPSA) is 75.6 Å². The van der Waals surface area contributed by atoms with E-state index >= 15 is 0 Å². The highest BCUT2D eigenvalue weighted by Gasteiger charge is 2.08. The van der Waals surface area contributed by atoms with Crippen LogP contribution in [0.25, 0.3) is 0 Å². The Morgan fingerprint density at radius 1 is 1.30 bits per heavy atom. The smallest absolute Gasteiger partial charge is 0.335 e. The Balaban J connectivity index is 2.42. The van der Waals surface area contributed by atoms with Crippen LogP contribution >= 0.6 is 0 Å². The van der Waals surface area contributed by atoms with Crippen LogP contribution in [0.1, 0.15) is 42.1 Å². The summed E-state index contributed by atoms with van der Waals surface area (Å²) in [6.45, 7) is 4.40. The van der Waals surface area contributed by atoms with E-state index in [-0.39, 0.29) is 18.1 Å². The maximum Gasteiger partial charge on any atom is 0.335 e. The number of hydrogen-bond acceptors (Lipinski definition) is 3. The van der Waals surface area contributed by atoms with Gasteiger partial charge in [0.05, 0.1) is 5.56 Å². The SMILES string of the molecule is CCCCCOCC(=O)Nc1ccc(C(=O)O)c(C)c1. The molecule has 0 aliphatic heterocycles. The summed E-state index contributed by atoms with van der Waals surface area (Å²) in [7, 11) is 0. The molecule has 0 saturated heterocycles. The van der Waals surface area contributed by atoms with Crippen LogP contribution in [0.2, 0.25) is 0 Å². The summed E-state index contributed by atoms with van der Waals surface area (Å²) in [6, 6.07) is 4.69. The highest BCUT2D eigenvalue weighted by molar-refractivity contribution is 5.94. The van der Waals surface area contributed by atoms with E-state index in [9.17, 15) is 9.59 Å². The van der Waals surface area contributed by atoms with Gasteiger partial charge in [0, 0.05) is 12.3 Å². The minimum absolute atomic E-state index is 0.0173.